The molecule has 2 aliphatic heterocycles. The van der Waals surface area contributed by atoms with Gasteiger partial charge in [-0.3, -0.25) is 4.79 Å². The number of aliphatic hydroxyl groups excluding tert-OH is 1. The van der Waals surface area contributed by atoms with Crippen LogP contribution in [0.15, 0.2) is 24.3 Å². The monoisotopic (exact) mass is 464 g/mol. The number of carbonyl (C=O) groups is 1. The summed E-state index contributed by atoms with van der Waals surface area (Å²) in [6, 6.07) is 6.24. The maximum atomic E-state index is 14.7. The van der Waals surface area contributed by atoms with Gasteiger partial charge in [0.05, 0.1) is 31.1 Å². The third-order valence-corrected chi connectivity index (χ3v) is 7.50. The van der Waals surface area contributed by atoms with Gasteiger partial charge >= 0.3 is 6.01 Å². The zero-order valence-corrected chi connectivity index (χ0v) is 19.0. The fourth-order valence-corrected chi connectivity index (χ4v) is 5.76. The lowest BCUT2D eigenvalue weighted by atomic mass is 9.74. The van der Waals surface area contributed by atoms with Crippen molar-refractivity contribution in [1.29, 1.82) is 0 Å². The van der Waals surface area contributed by atoms with Gasteiger partial charge in [0.25, 0.3) is 5.91 Å². The molecule has 3 aliphatic rings. The number of aromatic nitrogens is 2. The van der Waals surface area contributed by atoms with E-state index in [1.54, 1.807) is 12.1 Å². The SMILES string of the molecule is CCc1c(F)ccc2cc(O)cc(N3Cc4nc(OC)nc(N5C[C@@H]6CC(O)[C@@H]6C5)c4C3=O)c12. The summed E-state index contributed by atoms with van der Waals surface area (Å²) in [5.74, 6) is 0.403. The van der Waals surface area contributed by atoms with Crippen molar-refractivity contribution in [1.82, 2.24) is 9.97 Å². The van der Waals surface area contributed by atoms with Crippen LogP contribution in [0.2, 0.25) is 0 Å². The van der Waals surface area contributed by atoms with Crippen molar-refractivity contribution in [3.63, 3.8) is 0 Å². The van der Waals surface area contributed by atoms with Gasteiger partial charge in [-0.25, -0.2) is 4.39 Å². The largest absolute Gasteiger partial charge is 0.508 e. The fourth-order valence-electron chi connectivity index (χ4n) is 5.76. The highest BCUT2D eigenvalue weighted by Gasteiger charge is 2.48. The number of aryl methyl sites for hydroxylation is 1. The Bertz CT molecular complexity index is 1350. The van der Waals surface area contributed by atoms with Crippen molar-refractivity contribution < 1.29 is 24.1 Å². The zero-order chi connectivity index (χ0) is 23.7. The first kappa shape index (κ1) is 21.1. The third-order valence-electron chi connectivity index (χ3n) is 7.50. The van der Waals surface area contributed by atoms with Crippen molar-refractivity contribution >= 4 is 28.2 Å². The molecule has 1 aliphatic carbocycles. The standard InChI is InChI=1S/C25H25FN4O4/c1-3-15-17(26)5-4-12-6-14(31)8-19(21(12)15)30-11-18-22(24(30)33)23(28-25(27-18)34-2)29-9-13-7-20(32)16(13)10-29/h4-6,8,13,16,20,31-32H,3,7,9-11H2,1-2H3/t13-,16+,20?/m0/s1. The average molecular weight is 464 g/mol. The lowest BCUT2D eigenvalue weighted by Gasteiger charge is -2.34. The Kier molecular flexibility index (Phi) is 4.67. The summed E-state index contributed by atoms with van der Waals surface area (Å²) in [7, 11) is 1.48. The number of methoxy groups -OCH3 is 1. The van der Waals surface area contributed by atoms with E-state index in [0.29, 0.717) is 64.5 Å². The molecular weight excluding hydrogens is 439 g/mol. The van der Waals surface area contributed by atoms with Crippen molar-refractivity contribution in [2.45, 2.75) is 32.4 Å². The van der Waals surface area contributed by atoms with Gasteiger partial charge in [0.1, 0.15) is 22.9 Å². The van der Waals surface area contributed by atoms with Crippen LogP contribution >= 0.6 is 0 Å². The van der Waals surface area contributed by atoms with Gasteiger partial charge in [-0.1, -0.05) is 13.0 Å². The number of fused-ring (bicyclic) bond motifs is 3. The van der Waals surface area contributed by atoms with Gasteiger partial charge in [-0.15, -0.1) is 0 Å². The number of aromatic hydroxyl groups is 1. The highest BCUT2D eigenvalue weighted by Crippen LogP contribution is 2.45. The second-order valence-electron chi connectivity index (χ2n) is 9.32. The van der Waals surface area contributed by atoms with Gasteiger partial charge in [-0.2, -0.15) is 9.97 Å². The van der Waals surface area contributed by atoms with E-state index in [0.717, 1.165) is 6.42 Å². The van der Waals surface area contributed by atoms with Gasteiger partial charge < -0.3 is 24.7 Å². The Hall–Kier alpha value is -3.46. The predicted octanol–water partition coefficient (Wildman–Crippen LogP) is 3.02. The normalized spacial score (nSPS) is 23.3. The second-order valence-corrected chi connectivity index (χ2v) is 9.32. The predicted molar refractivity (Wildman–Crippen MR) is 124 cm³/mol. The highest BCUT2D eigenvalue weighted by atomic mass is 19.1. The molecule has 6 rings (SSSR count). The minimum Gasteiger partial charge on any atom is -0.508 e. The first-order valence-corrected chi connectivity index (χ1v) is 11.5. The summed E-state index contributed by atoms with van der Waals surface area (Å²) >= 11 is 0. The molecule has 9 heteroatoms. The number of halogens is 1. The number of benzene rings is 2. The Labute approximate surface area is 195 Å². The number of carbonyl (C=O) groups excluding carboxylic acids is 1. The number of hydrogen-bond acceptors (Lipinski definition) is 7. The van der Waals surface area contributed by atoms with Crippen LogP contribution in [0.25, 0.3) is 10.8 Å². The quantitative estimate of drug-likeness (QED) is 0.612. The van der Waals surface area contributed by atoms with Crippen LogP contribution in [0.3, 0.4) is 0 Å². The van der Waals surface area contributed by atoms with E-state index in [1.165, 1.54) is 24.1 Å². The van der Waals surface area contributed by atoms with E-state index in [9.17, 15) is 19.4 Å². The van der Waals surface area contributed by atoms with Crippen molar-refractivity contribution in [2.24, 2.45) is 11.8 Å². The zero-order valence-electron chi connectivity index (χ0n) is 19.0. The van der Waals surface area contributed by atoms with Crippen LogP contribution in [-0.4, -0.2) is 52.4 Å². The number of ether oxygens (including phenoxy) is 1. The number of amides is 1. The molecule has 2 aromatic carbocycles. The molecule has 0 spiro atoms. The van der Waals surface area contributed by atoms with E-state index < -0.39 is 0 Å². The summed E-state index contributed by atoms with van der Waals surface area (Å²) < 4.78 is 20.0. The summed E-state index contributed by atoms with van der Waals surface area (Å²) in [5, 5.41) is 21.8. The molecule has 0 bridgehead atoms. The Balaban J connectivity index is 1.48. The Morgan fingerprint density at radius 2 is 2.06 bits per heavy atom. The van der Waals surface area contributed by atoms with Crippen molar-refractivity contribution in [3.8, 4) is 11.8 Å². The summed E-state index contributed by atoms with van der Waals surface area (Å²) in [4.78, 5) is 26.4. The molecule has 1 saturated heterocycles. The average Bonchev–Trinajstić information content (AvgIpc) is 3.35. The molecule has 3 atom stereocenters. The molecule has 1 amide bonds. The van der Waals surface area contributed by atoms with Crippen LogP contribution in [0.5, 0.6) is 11.8 Å². The number of rotatable bonds is 4. The molecule has 2 N–H and O–H groups in total. The second kappa shape index (κ2) is 7.53. The van der Waals surface area contributed by atoms with E-state index >= 15 is 0 Å². The molecule has 1 unspecified atom stereocenters. The number of anilines is 2. The number of hydrogen-bond donors (Lipinski definition) is 2. The molecule has 1 aromatic heterocycles. The molecule has 34 heavy (non-hydrogen) atoms. The molecule has 2 fully saturated rings. The maximum Gasteiger partial charge on any atom is 0.318 e. The van der Waals surface area contributed by atoms with Gasteiger partial charge in [0, 0.05) is 30.5 Å². The molecule has 3 heterocycles. The minimum absolute atomic E-state index is 0.00564. The number of aliphatic hydroxyl groups is 1. The van der Waals surface area contributed by atoms with Gasteiger partial charge in [0.15, 0.2) is 0 Å². The lowest BCUT2D eigenvalue weighted by molar-refractivity contribution is -0.00399. The third kappa shape index (κ3) is 2.96. The Morgan fingerprint density at radius 1 is 1.24 bits per heavy atom. The molecule has 3 aromatic rings. The van der Waals surface area contributed by atoms with Gasteiger partial charge in [0.2, 0.25) is 0 Å². The lowest BCUT2D eigenvalue weighted by Crippen LogP contribution is -2.39. The topological polar surface area (TPSA) is 99.0 Å². The Morgan fingerprint density at radius 3 is 2.76 bits per heavy atom. The van der Waals surface area contributed by atoms with Crippen LogP contribution < -0.4 is 14.5 Å². The van der Waals surface area contributed by atoms with E-state index in [1.807, 2.05) is 11.8 Å². The van der Waals surface area contributed by atoms with Crippen molar-refractivity contribution in [3.05, 3.63) is 46.9 Å². The van der Waals surface area contributed by atoms with Crippen LogP contribution in [-0.2, 0) is 13.0 Å². The molecule has 0 radical (unpaired) electrons. The molecular formula is C25H25FN4O4. The molecule has 176 valence electrons. The summed E-state index contributed by atoms with van der Waals surface area (Å²) in [5.41, 5.74) is 1.85. The van der Waals surface area contributed by atoms with Crippen molar-refractivity contribution in [2.75, 3.05) is 30.0 Å². The van der Waals surface area contributed by atoms with Crippen LogP contribution in [0.4, 0.5) is 15.9 Å². The number of nitrogens with zero attached hydrogens (tertiary/aromatic N) is 4. The summed E-state index contributed by atoms with van der Waals surface area (Å²) in [6.45, 7) is 3.34. The van der Waals surface area contributed by atoms with E-state index in [-0.39, 0.29) is 42.1 Å². The molecule has 8 nitrogen and oxygen atoms in total. The minimum atomic E-state index is -0.348. The summed E-state index contributed by atoms with van der Waals surface area (Å²) in [6.07, 6.45) is 0.875. The first-order chi connectivity index (χ1) is 16.4. The number of phenolic OH excluding ortho intramolecular Hbond substituents is 1. The van der Waals surface area contributed by atoms with Crippen LogP contribution in [0.1, 0.15) is 35.0 Å². The van der Waals surface area contributed by atoms with E-state index in [4.69, 9.17) is 4.74 Å². The van der Waals surface area contributed by atoms with Gasteiger partial charge in [-0.05, 0) is 41.8 Å². The smallest absolute Gasteiger partial charge is 0.318 e. The number of phenols is 1. The fraction of sp³-hybridized carbons (Fsp3) is 0.400. The van der Waals surface area contributed by atoms with Crippen LogP contribution in [0, 0.1) is 17.7 Å². The highest BCUT2D eigenvalue weighted by molar-refractivity contribution is 6.16. The van der Waals surface area contributed by atoms with E-state index in [2.05, 4.69) is 9.97 Å². The first-order valence-electron chi connectivity index (χ1n) is 11.5. The maximum absolute atomic E-state index is 14.7. The molecule has 1 saturated carbocycles.